The Bertz CT molecular complexity index is 1500. The molecule has 1 aliphatic heterocycles. The van der Waals surface area contributed by atoms with Gasteiger partial charge >= 0.3 is 11.9 Å². The van der Waals surface area contributed by atoms with Crippen LogP contribution in [0.25, 0.3) is 0 Å². The van der Waals surface area contributed by atoms with Gasteiger partial charge in [-0.15, -0.1) is 0 Å². The van der Waals surface area contributed by atoms with E-state index in [2.05, 4.69) is 0 Å². The number of benzene rings is 2. The van der Waals surface area contributed by atoms with Crippen molar-refractivity contribution in [2.75, 3.05) is 6.61 Å². The number of phenols is 2. The van der Waals surface area contributed by atoms with E-state index in [0.717, 1.165) is 0 Å². The van der Waals surface area contributed by atoms with Crippen LogP contribution in [0.4, 0.5) is 0 Å². The van der Waals surface area contributed by atoms with E-state index in [0.29, 0.717) is 0 Å². The fourth-order valence-corrected chi connectivity index (χ4v) is 5.77. The van der Waals surface area contributed by atoms with E-state index in [4.69, 9.17) is 24.7 Å². The maximum Gasteiger partial charge on any atom is 0.303 e. The van der Waals surface area contributed by atoms with Gasteiger partial charge in [0.05, 0.1) is 29.4 Å². The van der Waals surface area contributed by atoms with Crippen LogP contribution in [0.1, 0.15) is 82.7 Å². The average Bonchev–Trinajstić information content (AvgIpc) is 2.90. The molecule has 216 valence electrons. The summed E-state index contributed by atoms with van der Waals surface area (Å²) in [6.45, 7) is 3.49. The first-order valence-corrected chi connectivity index (χ1v) is 13.0. The molecule has 0 bridgehead atoms. The topological polar surface area (TPSA) is 189 Å². The van der Waals surface area contributed by atoms with E-state index in [1.54, 1.807) is 12.1 Å². The molecule has 12 heteroatoms. The summed E-state index contributed by atoms with van der Waals surface area (Å²) in [4.78, 5) is 62.8. The third-order valence-corrected chi connectivity index (χ3v) is 7.76. The van der Waals surface area contributed by atoms with E-state index >= 15 is 0 Å². The van der Waals surface area contributed by atoms with Gasteiger partial charge in [-0.3, -0.25) is 24.0 Å². The van der Waals surface area contributed by atoms with E-state index in [1.165, 1.54) is 32.9 Å². The molecule has 1 heterocycles. The minimum Gasteiger partial charge on any atom is -0.507 e. The Morgan fingerprint density at radius 2 is 1.49 bits per heavy atom. The van der Waals surface area contributed by atoms with Gasteiger partial charge < -0.3 is 34.9 Å². The molecule has 5 rings (SSSR count). The number of phenolic OH excluding ortho intramolecular Hbond substituents is 2. The summed E-state index contributed by atoms with van der Waals surface area (Å²) in [6.07, 6.45) is -4.56. The van der Waals surface area contributed by atoms with Crippen LogP contribution in [0.2, 0.25) is 0 Å². The first-order valence-electron chi connectivity index (χ1n) is 13.0. The maximum atomic E-state index is 13.5. The fourth-order valence-electron chi connectivity index (χ4n) is 5.77. The Hall–Kier alpha value is -4.13. The summed E-state index contributed by atoms with van der Waals surface area (Å²) in [5.41, 5.74) is 4.32. The van der Waals surface area contributed by atoms with Gasteiger partial charge in [0.15, 0.2) is 24.0 Å². The highest BCUT2D eigenvalue weighted by atomic mass is 16.7. The number of ether oxygens (including phenoxy) is 4. The summed E-state index contributed by atoms with van der Waals surface area (Å²) < 4.78 is 22.4. The lowest BCUT2D eigenvalue weighted by atomic mass is 9.71. The van der Waals surface area contributed by atoms with Crippen molar-refractivity contribution in [3.05, 3.63) is 57.6 Å². The van der Waals surface area contributed by atoms with E-state index in [-0.39, 0.29) is 59.3 Å². The maximum absolute atomic E-state index is 13.5. The highest BCUT2D eigenvalue weighted by molar-refractivity contribution is 6.30. The van der Waals surface area contributed by atoms with Gasteiger partial charge in [-0.2, -0.15) is 0 Å². The summed E-state index contributed by atoms with van der Waals surface area (Å²) in [7, 11) is 0. The van der Waals surface area contributed by atoms with E-state index in [9.17, 15) is 34.2 Å². The van der Waals surface area contributed by atoms with Crippen molar-refractivity contribution in [1.82, 2.24) is 0 Å². The van der Waals surface area contributed by atoms with Crippen LogP contribution < -0.4 is 5.73 Å². The Labute approximate surface area is 234 Å². The van der Waals surface area contributed by atoms with Crippen molar-refractivity contribution in [1.29, 1.82) is 0 Å². The summed E-state index contributed by atoms with van der Waals surface area (Å²) in [5.74, 6) is -4.10. The summed E-state index contributed by atoms with van der Waals surface area (Å²) in [5, 5.41) is 22.9. The predicted molar refractivity (Wildman–Crippen MR) is 138 cm³/mol. The number of hydrogen-bond donors (Lipinski definition) is 3. The quantitative estimate of drug-likeness (QED) is 0.300. The normalized spacial score (nSPS) is 26.8. The molecular weight excluding hydrogens is 538 g/mol. The molecule has 0 radical (unpaired) electrons. The Morgan fingerprint density at radius 1 is 0.927 bits per heavy atom. The third-order valence-electron chi connectivity index (χ3n) is 7.76. The lowest BCUT2D eigenvalue weighted by Gasteiger charge is -2.42. The number of nitrogens with two attached hydrogens (primary N) is 1. The standard InChI is InChI=1S/C29H29NO11/c1-12(31)29(30)9-17-22(19(10-29)41-21-8-18(39-13(2)32)20(11-38-21)40-14(3)33)28(37)24-23(27(17)36)25(34)15-6-4-5-7-16(15)26(24)35/h4-7,18-21,36-37H,8-11,30H2,1-3H3/t18-,19-,20+,21-,29-/m0/s1. The third kappa shape index (κ3) is 4.88. The predicted octanol–water partition coefficient (Wildman–Crippen LogP) is 1.77. The molecule has 1 saturated heterocycles. The van der Waals surface area contributed by atoms with Gasteiger partial charge in [0.1, 0.15) is 23.4 Å². The highest BCUT2D eigenvalue weighted by Gasteiger charge is 2.48. The lowest BCUT2D eigenvalue weighted by molar-refractivity contribution is -0.247. The van der Waals surface area contributed by atoms with Crippen molar-refractivity contribution in [2.24, 2.45) is 5.73 Å². The first kappa shape index (κ1) is 28.4. The number of hydrogen-bond acceptors (Lipinski definition) is 12. The van der Waals surface area contributed by atoms with E-state index in [1.807, 2.05) is 0 Å². The molecule has 2 aromatic carbocycles. The van der Waals surface area contributed by atoms with Crippen molar-refractivity contribution in [3.63, 3.8) is 0 Å². The second-order valence-corrected chi connectivity index (χ2v) is 10.6. The van der Waals surface area contributed by atoms with Crippen LogP contribution in [0, 0.1) is 0 Å². The average molecular weight is 568 g/mol. The zero-order valence-electron chi connectivity index (χ0n) is 22.6. The zero-order valence-corrected chi connectivity index (χ0v) is 22.6. The molecule has 0 unspecified atom stereocenters. The zero-order chi connectivity index (χ0) is 29.8. The molecule has 0 saturated carbocycles. The largest absolute Gasteiger partial charge is 0.507 e. The van der Waals surface area contributed by atoms with Gasteiger partial charge in [0.2, 0.25) is 0 Å². The molecule has 0 aromatic heterocycles. The smallest absolute Gasteiger partial charge is 0.303 e. The fraction of sp³-hybridized carbons (Fsp3) is 0.414. The molecular formula is C29H29NO11. The van der Waals surface area contributed by atoms with Crippen LogP contribution in [-0.2, 0) is 39.8 Å². The summed E-state index contributed by atoms with van der Waals surface area (Å²) >= 11 is 0. The minimum atomic E-state index is -1.56. The molecule has 0 amide bonds. The molecule has 12 nitrogen and oxygen atoms in total. The molecule has 41 heavy (non-hydrogen) atoms. The van der Waals surface area contributed by atoms with Gasteiger partial charge in [-0.05, 0) is 6.92 Å². The Kier molecular flexibility index (Phi) is 7.18. The number of rotatable bonds is 5. The van der Waals surface area contributed by atoms with Crippen molar-refractivity contribution in [3.8, 4) is 11.5 Å². The number of aromatic hydroxyl groups is 2. The molecule has 3 aliphatic rings. The number of carbonyl (C=O) groups excluding carboxylic acids is 5. The van der Waals surface area contributed by atoms with E-state index < -0.39 is 70.9 Å². The number of Topliss-reactive ketones (excluding diaryl/α,β-unsaturated/α-hetero) is 1. The second-order valence-electron chi connectivity index (χ2n) is 10.6. The monoisotopic (exact) mass is 567 g/mol. The van der Waals surface area contributed by atoms with Crippen LogP contribution in [0.3, 0.4) is 0 Å². The van der Waals surface area contributed by atoms with Crippen molar-refractivity contribution >= 4 is 29.3 Å². The van der Waals surface area contributed by atoms with Gasteiger partial charge in [-0.25, -0.2) is 0 Å². The number of fused-ring (bicyclic) bond motifs is 3. The lowest BCUT2D eigenvalue weighted by Crippen LogP contribution is -2.53. The van der Waals surface area contributed by atoms with Crippen LogP contribution >= 0.6 is 0 Å². The second kappa shape index (κ2) is 10.4. The van der Waals surface area contributed by atoms with Crippen LogP contribution in [-0.4, -0.2) is 70.1 Å². The van der Waals surface area contributed by atoms with Crippen molar-refractivity contribution < 1.29 is 53.1 Å². The van der Waals surface area contributed by atoms with Crippen molar-refractivity contribution in [2.45, 2.75) is 70.2 Å². The van der Waals surface area contributed by atoms with Gasteiger partial charge in [0.25, 0.3) is 0 Å². The van der Waals surface area contributed by atoms with Gasteiger partial charge in [-0.1, -0.05) is 24.3 Å². The molecule has 5 atom stereocenters. The number of ketones is 3. The highest BCUT2D eigenvalue weighted by Crippen LogP contribution is 2.51. The molecule has 1 fully saturated rings. The number of esters is 2. The minimum absolute atomic E-state index is 0.000802. The van der Waals surface area contributed by atoms with Gasteiger partial charge in [0, 0.05) is 55.4 Å². The SMILES string of the molecule is CC(=O)O[C@H]1C[C@H](O[C@H]2C[C@](N)(C(C)=O)Cc3c(O)c4c(c(O)c32)C(=O)c2ccccc2C4=O)OC[C@H]1OC(C)=O. The Morgan fingerprint density at radius 3 is 2.05 bits per heavy atom. The molecule has 2 aliphatic carbocycles. The molecule has 2 aromatic rings. The summed E-state index contributed by atoms with van der Waals surface area (Å²) in [6, 6.07) is 6.06. The number of carbonyl (C=O) groups is 5. The Balaban J connectivity index is 1.57. The first-order chi connectivity index (χ1) is 19.3. The molecule has 0 spiro atoms. The van der Waals surface area contributed by atoms with Crippen LogP contribution in [0.5, 0.6) is 11.5 Å². The van der Waals surface area contributed by atoms with Crippen LogP contribution in [0.15, 0.2) is 24.3 Å². The molecule has 4 N–H and O–H groups in total.